The van der Waals surface area contributed by atoms with E-state index in [9.17, 15) is 4.39 Å². The van der Waals surface area contributed by atoms with Crippen LogP contribution in [-0.4, -0.2) is 49.2 Å². The summed E-state index contributed by atoms with van der Waals surface area (Å²) in [6.07, 6.45) is 17.9. The monoisotopic (exact) mass is 461 g/mol. The van der Waals surface area contributed by atoms with Gasteiger partial charge < -0.3 is 14.1 Å². The van der Waals surface area contributed by atoms with E-state index >= 15 is 0 Å². The number of hydrogen-bond acceptors (Lipinski definition) is 5. The number of nitrogens with zero attached hydrogens (tertiary/aromatic N) is 3. The summed E-state index contributed by atoms with van der Waals surface area (Å²) in [6.45, 7) is 3.96. The maximum Gasteiger partial charge on any atom is 0.132 e. The molecule has 0 radical (unpaired) electrons. The number of rotatable bonds is 6. The fourth-order valence-corrected chi connectivity index (χ4v) is 5.53. The molecule has 3 heterocycles. The third kappa shape index (κ3) is 4.73. The fraction of sp³-hybridized carbons (Fsp3) is 0.393. The molecule has 1 aromatic carbocycles. The highest BCUT2D eigenvalue weighted by molar-refractivity contribution is 5.91. The predicted molar refractivity (Wildman–Crippen MR) is 134 cm³/mol. The Labute approximate surface area is 200 Å². The number of halogens is 1. The molecule has 0 amide bonds. The summed E-state index contributed by atoms with van der Waals surface area (Å²) < 4.78 is 24.7. The molecule has 0 atom stereocenters. The van der Waals surface area contributed by atoms with E-state index in [0.29, 0.717) is 17.3 Å². The van der Waals surface area contributed by atoms with Crippen LogP contribution >= 0.6 is 0 Å². The molecule has 1 aliphatic carbocycles. The number of fused-ring (bicyclic) bond motifs is 1. The first-order valence-electron chi connectivity index (χ1n) is 12.2. The summed E-state index contributed by atoms with van der Waals surface area (Å²) in [7, 11) is 1.65. The first-order valence-corrected chi connectivity index (χ1v) is 12.2. The average Bonchev–Trinajstić information content (AvgIpc) is 3.36. The molecule has 5 rings (SSSR count). The van der Waals surface area contributed by atoms with Crippen molar-refractivity contribution in [3.63, 3.8) is 0 Å². The number of methoxy groups -OCH3 is 1. The van der Waals surface area contributed by atoms with E-state index in [-0.39, 0.29) is 5.82 Å². The quantitative estimate of drug-likeness (QED) is 0.333. The Morgan fingerprint density at radius 1 is 1.03 bits per heavy atom. The van der Waals surface area contributed by atoms with E-state index in [1.54, 1.807) is 31.7 Å². The second kappa shape index (κ2) is 10.4. The van der Waals surface area contributed by atoms with Crippen LogP contribution in [0.15, 0.2) is 65.8 Å². The molecule has 2 fully saturated rings. The minimum Gasteiger partial charge on any atom is -0.504 e. The van der Waals surface area contributed by atoms with Gasteiger partial charge in [-0.05, 0) is 61.9 Å². The number of anilines is 1. The number of pyridine rings is 1. The van der Waals surface area contributed by atoms with Gasteiger partial charge in [-0.1, -0.05) is 12.2 Å². The van der Waals surface area contributed by atoms with Gasteiger partial charge in [0.05, 0.1) is 37.1 Å². The van der Waals surface area contributed by atoms with Crippen LogP contribution in [0.1, 0.15) is 42.7 Å². The molecule has 1 saturated carbocycles. The highest BCUT2D eigenvalue weighted by Crippen LogP contribution is 2.38. The molecule has 0 spiro atoms. The second-order valence-corrected chi connectivity index (χ2v) is 9.20. The van der Waals surface area contributed by atoms with Crippen molar-refractivity contribution in [3.8, 4) is 0 Å². The van der Waals surface area contributed by atoms with Crippen molar-refractivity contribution in [2.75, 3.05) is 38.2 Å². The fourth-order valence-electron chi connectivity index (χ4n) is 5.53. The SMILES string of the molecule is CO/C=C/C=C\c1cocc1C1CCC(N2CCN(c3ccc(F)c4cccnc34)CC2)CC1. The number of furan rings is 1. The summed E-state index contributed by atoms with van der Waals surface area (Å²) in [5.41, 5.74) is 4.29. The zero-order valence-electron chi connectivity index (χ0n) is 19.7. The molecule has 34 heavy (non-hydrogen) atoms. The molecule has 2 aromatic heterocycles. The largest absolute Gasteiger partial charge is 0.504 e. The van der Waals surface area contributed by atoms with Crippen LogP contribution < -0.4 is 4.90 Å². The number of piperazine rings is 1. The highest BCUT2D eigenvalue weighted by atomic mass is 19.1. The standard InChI is InChI=1S/C28H32FN3O2/c1-33-18-3-2-5-22-19-34-20-25(22)21-7-9-23(10-8-21)31-14-16-32(17-15-31)27-12-11-26(29)24-6-4-13-30-28(24)27/h2-6,11-13,18-21,23H,7-10,14-17H2,1H3/b5-2-,18-3+. The van der Waals surface area contributed by atoms with Gasteiger partial charge in [0.15, 0.2) is 0 Å². The van der Waals surface area contributed by atoms with E-state index in [4.69, 9.17) is 9.15 Å². The lowest BCUT2D eigenvalue weighted by Gasteiger charge is -2.42. The lowest BCUT2D eigenvalue weighted by atomic mass is 9.80. The summed E-state index contributed by atoms with van der Waals surface area (Å²) in [6, 6.07) is 7.70. The molecule has 2 aliphatic rings. The van der Waals surface area contributed by atoms with Crippen LogP contribution in [0.4, 0.5) is 10.1 Å². The lowest BCUT2D eigenvalue weighted by molar-refractivity contribution is 0.141. The Balaban J connectivity index is 1.17. The molecular formula is C28H32FN3O2. The topological polar surface area (TPSA) is 41.7 Å². The van der Waals surface area contributed by atoms with Crippen molar-refractivity contribution < 1.29 is 13.5 Å². The number of allylic oxidation sites excluding steroid dienone is 2. The molecule has 3 aromatic rings. The first kappa shape index (κ1) is 22.7. The Bertz CT molecular complexity index is 1160. The molecule has 178 valence electrons. The van der Waals surface area contributed by atoms with Gasteiger partial charge in [-0.15, -0.1) is 0 Å². The molecule has 0 bridgehead atoms. The Morgan fingerprint density at radius 2 is 1.85 bits per heavy atom. The van der Waals surface area contributed by atoms with E-state index in [1.807, 2.05) is 36.8 Å². The Hall–Kier alpha value is -3.12. The van der Waals surface area contributed by atoms with E-state index in [0.717, 1.165) is 42.9 Å². The van der Waals surface area contributed by atoms with Gasteiger partial charge in [0.25, 0.3) is 0 Å². The van der Waals surface area contributed by atoms with Crippen molar-refractivity contribution in [1.82, 2.24) is 9.88 Å². The van der Waals surface area contributed by atoms with Gasteiger partial charge in [-0.2, -0.15) is 0 Å². The van der Waals surface area contributed by atoms with E-state index < -0.39 is 0 Å². The van der Waals surface area contributed by atoms with Gasteiger partial charge in [0, 0.05) is 54.9 Å². The van der Waals surface area contributed by atoms with Crippen molar-refractivity contribution >= 4 is 22.7 Å². The van der Waals surface area contributed by atoms with Gasteiger partial charge in [0.1, 0.15) is 5.82 Å². The lowest BCUT2D eigenvalue weighted by Crippen LogP contribution is -2.51. The van der Waals surface area contributed by atoms with E-state index in [1.165, 1.54) is 31.2 Å². The third-order valence-electron chi connectivity index (χ3n) is 7.33. The molecule has 1 aliphatic heterocycles. The highest BCUT2D eigenvalue weighted by Gasteiger charge is 2.30. The van der Waals surface area contributed by atoms with Crippen LogP contribution in [0, 0.1) is 5.82 Å². The number of ether oxygens (including phenoxy) is 1. The van der Waals surface area contributed by atoms with E-state index in [2.05, 4.69) is 20.9 Å². The predicted octanol–water partition coefficient (Wildman–Crippen LogP) is 5.99. The van der Waals surface area contributed by atoms with Gasteiger partial charge in [-0.25, -0.2) is 4.39 Å². The number of benzene rings is 1. The summed E-state index contributed by atoms with van der Waals surface area (Å²) in [5.74, 6) is 0.351. The summed E-state index contributed by atoms with van der Waals surface area (Å²) >= 11 is 0. The van der Waals surface area contributed by atoms with Crippen molar-refractivity contribution in [2.45, 2.75) is 37.6 Å². The Morgan fingerprint density at radius 3 is 2.65 bits per heavy atom. The van der Waals surface area contributed by atoms with Crippen molar-refractivity contribution in [2.24, 2.45) is 0 Å². The minimum atomic E-state index is -0.204. The smallest absolute Gasteiger partial charge is 0.132 e. The van der Waals surface area contributed by atoms with Gasteiger partial charge >= 0.3 is 0 Å². The first-order chi connectivity index (χ1) is 16.7. The molecule has 6 heteroatoms. The van der Waals surface area contributed by atoms with Gasteiger partial charge in [0.2, 0.25) is 0 Å². The summed E-state index contributed by atoms with van der Waals surface area (Å²) in [5, 5.41) is 0.601. The maximum atomic E-state index is 14.2. The molecule has 0 N–H and O–H groups in total. The van der Waals surface area contributed by atoms with Crippen LogP contribution in [-0.2, 0) is 4.74 Å². The zero-order valence-corrected chi connectivity index (χ0v) is 19.7. The normalized spacial score (nSPS) is 22.2. The maximum absolute atomic E-state index is 14.2. The van der Waals surface area contributed by atoms with Crippen LogP contribution in [0.3, 0.4) is 0 Å². The number of aromatic nitrogens is 1. The third-order valence-corrected chi connectivity index (χ3v) is 7.33. The molecule has 5 nitrogen and oxygen atoms in total. The van der Waals surface area contributed by atoms with Crippen LogP contribution in [0.5, 0.6) is 0 Å². The molecular weight excluding hydrogens is 429 g/mol. The Kier molecular flexibility index (Phi) is 6.95. The van der Waals surface area contributed by atoms with Crippen molar-refractivity contribution in [1.29, 1.82) is 0 Å². The molecule has 1 saturated heterocycles. The minimum absolute atomic E-state index is 0.204. The number of hydrogen-bond donors (Lipinski definition) is 0. The second-order valence-electron chi connectivity index (χ2n) is 9.20. The van der Waals surface area contributed by atoms with Gasteiger partial charge in [-0.3, -0.25) is 9.88 Å². The van der Waals surface area contributed by atoms with Crippen LogP contribution in [0.25, 0.3) is 17.0 Å². The molecule has 0 unspecified atom stereocenters. The zero-order chi connectivity index (χ0) is 23.3. The van der Waals surface area contributed by atoms with Crippen molar-refractivity contribution in [3.05, 3.63) is 78.3 Å². The summed E-state index contributed by atoms with van der Waals surface area (Å²) in [4.78, 5) is 9.49. The van der Waals surface area contributed by atoms with Crippen LogP contribution in [0.2, 0.25) is 0 Å². The average molecular weight is 462 g/mol.